The standard InChI is InChI=1S/C10H12N2O/c1-2-4-10(13)12-9-6-3-5-8(11)7-9/h2-7H,11H2,1H3,(H,12,13). The molecule has 0 saturated heterocycles. The Hall–Kier alpha value is -1.77. The summed E-state index contributed by atoms with van der Waals surface area (Å²) >= 11 is 0. The normalized spacial score (nSPS) is 10.2. The largest absolute Gasteiger partial charge is 0.399 e. The highest BCUT2D eigenvalue weighted by Gasteiger charge is 1.96. The molecular weight excluding hydrogens is 164 g/mol. The van der Waals surface area contributed by atoms with Crippen molar-refractivity contribution in [1.29, 1.82) is 0 Å². The maximum atomic E-state index is 11.1. The minimum atomic E-state index is -0.145. The van der Waals surface area contributed by atoms with Crippen LogP contribution < -0.4 is 11.1 Å². The molecule has 1 aromatic carbocycles. The van der Waals surface area contributed by atoms with E-state index in [0.29, 0.717) is 11.4 Å². The highest BCUT2D eigenvalue weighted by Crippen LogP contribution is 2.11. The fraction of sp³-hybridized carbons (Fsp3) is 0.100. The summed E-state index contributed by atoms with van der Waals surface area (Å²) in [5.41, 5.74) is 6.89. The number of nitrogen functional groups attached to an aromatic ring is 1. The molecule has 0 spiro atoms. The molecule has 0 aliphatic heterocycles. The zero-order valence-corrected chi connectivity index (χ0v) is 7.45. The van der Waals surface area contributed by atoms with Crippen molar-refractivity contribution >= 4 is 17.3 Å². The monoisotopic (exact) mass is 176 g/mol. The lowest BCUT2D eigenvalue weighted by Gasteiger charge is -2.01. The summed E-state index contributed by atoms with van der Waals surface area (Å²) in [7, 11) is 0. The Balaban J connectivity index is 2.69. The number of carbonyl (C=O) groups excluding carboxylic acids is 1. The third kappa shape index (κ3) is 2.99. The number of hydrogen-bond donors (Lipinski definition) is 2. The lowest BCUT2D eigenvalue weighted by atomic mass is 10.3. The van der Waals surface area contributed by atoms with E-state index in [-0.39, 0.29) is 5.91 Å². The molecule has 0 unspecified atom stereocenters. The summed E-state index contributed by atoms with van der Waals surface area (Å²) in [6.45, 7) is 1.79. The number of rotatable bonds is 2. The smallest absolute Gasteiger partial charge is 0.248 e. The van der Waals surface area contributed by atoms with Gasteiger partial charge < -0.3 is 11.1 Å². The van der Waals surface area contributed by atoms with Crippen LogP contribution in [0.25, 0.3) is 0 Å². The van der Waals surface area contributed by atoms with Crippen LogP contribution in [0, 0.1) is 0 Å². The number of benzene rings is 1. The third-order valence-electron chi connectivity index (χ3n) is 1.47. The van der Waals surface area contributed by atoms with Crippen molar-refractivity contribution in [2.24, 2.45) is 0 Å². The summed E-state index contributed by atoms with van der Waals surface area (Å²) in [4.78, 5) is 11.1. The van der Waals surface area contributed by atoms with Crippen LogP contribution in [-0.4, -0.2) is 5.91 Å². The lowest BCUT2D eigenvalue weighted by Crippen LogP contribution is -2.07. The topological polar surface area (TPSA) is 55.1 Å². The zero-order chi connectivity index (χ0) is 9.68. The molecule has 0 fully saturated rings. The first-order valence-corrected chi connectivity index (χ1v) is 4.01. The second-order valence-electron chi connectivity index (χ2n) is 2.61. The molecule has 13 heavy (non-hydrogen) atoms. The van der Waals surface area contributed by atoms with E-state index in [1.807, 2.05) is 0 Å². The van der Waals surface area contributed by atoms with E-state index in [0.717, 1.165) is 0 Å². The van der Waals surface area contributed by atoms with Crippen LogP contribution in [0.5, 0.6) is 0 Å². The van der Waals surface area contributed by atoms with Crippen molar-refractivity contribution < 1.29 is 4.79 Å². The Kier molecular flexibility index (Phi) is 3.09. The van der Waals surface area contributed by atoms with Gasteiger partial charge in [-0.05, 0) is 31.2 Å². The first-order chi connectivity index (χ1) is 6.22. The molecule has 1 aromatic rings. The maximum absolute atomic E-state index is 11.1. The average molecular weight is 176 g/mol. The van der Waals surface area contributed by atoms with Crippen LogP contribution in [-0.2, 0) is 4.79 Å². The van der Waals surface area contributed by atoms with Gasteiger partial charge in [0.2, 0.25) is 5.91 Å². The van der Waals surface area contributed by atoms with Gasteiger partial charge in [0.05, 0.1) is 0 Å². The Labute approximate surface area is 77.3 Å². The Morgan fingerprint density at radius 2 is 2.31 bits per heavy atom. The van der Waals surface area contributed by atoms with Crippen LogP contribution in [0.2, 0.25) is 0 Å². The van der Waals surface area contributed by atoms with E-state index < -0.39 is 0 Å². The van der Waals surface area contributed by atoms with Crippen molar-refractivity contribution in [2.45, 2.75) is 6.92 Å². The molecular formula is C10H12N2O. The number of carbonyl (C=O) groups is 1. The third-order valence-corrected chi connectivity index (χ3v) is 1.47. The molecule has 1 rings (SSSR count). The zero-order valence-electron chi connectivity index (χ0n) is 7.45. The number of hydrogen-bond acceptors (Lipinski definition) is 2. The lowest BCUT2D eigenvalue weighted by molar-refractivity contribution is -0.111. The molecule has 0 radical (unpaired) electrons. The van der Waals surface area contributed by atoms with Gasteiger partial charge in [-0.3, -0.25) is 4.79 Å². The molecule has 0 aliphatic carbocycles. The molecule has 0 aliphatic rings. The predicted molar refractivity (Wildman–Crippen MR) is 54.3 cm³/mol. The van der Waals surface area contributed by atoms with Crippen LogP contribution in [0.4, 0.5) is 11.4 Å². The minimum Gasteiger partial charge on any atom is -0.399 e. The van der Waals surface area contributed by atoms with Gasteiger partial charge in [0.1, 0.15) is 0 Å². The summed E-state index contributed by atoms with van der Waals surface area (Å²) in [6, 6.07) is 7.06. The summed E-state index contributed by atoms with van der Waals surface area (Å²) in [5, 5.41) is 2.68. The number of nitrogens with two attached hydrogens (primary N) is 1. The van der Waals surface area contributed by atoms with E-state index in [2.05, 4.69) is 5.32 Å². The summed E-state index contributed by atoms with van der Waals surface area (Å²) < 4.78 is 0. The quantitative estimate of drug-likeness (QED) is 0.533. The second-order valence-corrected chi connectivity index (χ2v) is 2.61. The molecule has 1 amide bonds. The molecule has 3 nitrogen and oxygen atoms in total. The molecule has 0 heterocycles. The van der Waals surface area contributed by atoms with Crippen LogP contribution in [0.15, 0.2) is 36.4 Å². The average Bonchev–Trinajstić information content (AvgIpc) is 2.04. The minimum absolute atomic E-state index is 0.145. The predicted octanol–water partition coefficient (Wildman–Crippen LogP) is 1.78. The van der Waals surface area contributed by atoms with E-state index in [4.69, 9.17) is 5.73 Å². The molecule has 0 atom stereocenters. The molecule has 68 valence electrons. The van der Waals surface area contributed by atoms with Gasteiger partial charge >= 0.3 is 0 Å². The van der Waals surface area contributed by atoms with Gasteiger partial charge in [-0.1, -0.05) is 12.1 Å². The van der Waals surface area contributed by atoms with Crippen LogP contribution >= 0.6 is 0 Å². The van der Waals surface area contributed by atoms with Gasteiger partial charge in [0, 0.05) is 11.4 Å². The maximum Gasteiger partial charge on any atom is 0.248 e. The number of anilines is 2. The van der Waals surface area contributed by atoms with Gasteiger partial charge in [-0.2, -0.15) is 0 Å². The molecule has 3 N–H and O–H groups in total. The van der Waals surface area contributed by atoms with Crippen molar-refractivity contribution in [3.8, 4) is 0 Å². The fourth-order valence-corrected chi connectivity index (χ4v) is 0.952. The molecule has 0 saturated carbocycles. The van der Waals surface area contributed by atoms with Gasteiger partial charge in [-0.15, -0.1) is 0 Å². The summed E-state index contributed by atoms with van der Waals surface area (Å²) in [5.74, 6) is -0.145. The van der Waals surface area contributed by atoms with Gasteiger partial charge in [-0.25, -0.2) is 0 Å². The number of allylic oxidation sites excluding steroid dienone is 1. The van der Waals surface area contributed by atoms with E-state index >= 15 is 0 Å². The highest BCUT2D eigenvalue weighted by atomic mass is 16.1. The van der Waals surface area contributed by atoms with Crippen molar-refractivity contribution in [3.63, 3.8) is 0 Å². The number of amides is 1. The van der Waals surface area contributed by atoms with Crippen molar-refractivity contribution in [1.82, 2.24) is 0 Å². The van der Waals surface area contributed by atoms with Crippen molar-refractivity contribution in [3.05, 3.63) is 36.4 Å². The summed E-state index contributed by atoms with van der Waals surface area (Å²) in [6.07, 6.45) is 3.14. The van der Waals surface area contributed by atoms with Crippen LogP contribution in [0.1, 0.15) is 6.92 Å². The van der Waals surface area contributed by atoms with E-state index in [1.165, 1.54) is 6.08 Å². The van der Waals surface area contributed by atoms with Crippen molar-refractivity contribution in [2.75, 3.05) is 11.1 Å². The first kappa shape index (κ1) is 9.32. The second kappa shape index (κ2) is 4.30. The van der Waals surface area contributed by atoms with E-state index in [1.54, 1.807) is 37.3 Å². The molecule has 0 aromatic heterocycles. The molecule has 0 bridgehead atoms. The Morgan fingerprint density at radius 3 is 2.92 bits per heavy atom. The Bertz CT molecular complexity index is 331. The van der Waals surface area contributed by atoms with Gasteiger partial charge in [0.25, 0.3) is 0 Å². The van der Waals surface area contributed by atoms with Crippen LogP contribution in [0.3, 0.4) is 0 Å². The van der Waals surface area contributed by atoms with E-state index in [9.17, 15) is 4.79 Å². The fourth-order valence-electron chi connectivity index (χ4n) is 0.952. The molecule has 3 heteroatoms. The van der Waals surface area contributed by atoms with Gasteiger partial charge in [0.15, 0.2) is 0 Å². The first-order valence-electron chi connectivity index (χ1n) is 4.01. The number of nitrogens with one attached hydrogen (secondary N) is 1. The Morgan fingerprint density at radius 1 is 1.54 bits per heavy atom. The SMILES string of the molecule is CC=CC(=O)Nc1cccc(N)c1. The highest BCUT2D eigenvalue weighted by molar-refractivity contribution is 5.99.